The van der Waals surface area contributed by atoms with E-state index in [9.17, 15) is 9.59 Å². The summed E-state index contributed by atoms with van der Waals surface area (Å²) in [4.78, 5) is 33.8. The van der Waals surface area contributed by atoms with Gasteiger partial charge in [0, 0.05) is 6.54 Å². The van der Waals surface area contributed by atoms with Gasteiger partial charge in [-0.05, 0) is 50.8 Å². The normalized spacial score (nSPS) is 14.4. The Labute approximate surface area is 159 Å². The molecule has 1 aliphatic rings. The van der Waals surface area contributed by atoms with Gasteiger partial charge in [-0.2, -0.15) is 0 Å². The first kappa shape index (κ1) is 19.3. The minimum atomic E-state index is -0.142. The maximum atomic E-state index is 12.3. The fourth-order valence-corrected chi connectivity index (χ4v) is 3.45. The van der Waals surface area contributed by atoms with E-state index in [-0.39, 0.29) is 11.5 Å². The molecule has 144 valence electrons. The van der Waals surface area contributed by atoms with Crippen molar-refractivity contribution < 1.29 is 4.79 Å². The van der Waals surface area contributed by atoms with Crippen molar-refractivity contribution in [3.05, 3.63) is 52.1 Å². The molecule has 0 bridgehead atoms. The van der Waals surface area contributed by atoms with Gasteiger partial charge < -0.3 is 10.3 Å². The molecule has 2 N–H and O–H groups in total. The van der Waals surface area contributed by atoms with Gasteiger partial charge in [0.1, 0.15) is 5.82 Å². The largest absolute Gasteiger partial charge is 0.355 e. The van der Waals surface area contributed by atoms with Crippen LogP contribution in [0.2, 0.25) is 0 Å². The first-order valence-corrected chi connectivity index (χ1v) is 9.80. The lowest BCUT2D eigenvalue weighted by molar-refractivity contribution is -0.122. The van der Waals surface area contributed by atoms with Crippen LogP contribution in [-0.2, 0) is 11.3 Å². The zero-order valence-corrected chi connectivity index (χ0v) is 16.0. The summed E-state index contributed by atoms with van der Waals surface area (Å²) in [5.41, 5.74) is 2.00. The molecular formula is C21H28N4O2. The van der Waals surface area contributed by atoms with E-state index >= 15 is 0 Å². The summed E-state index contributed by atoms with van der Waals surface area (Å²) in [6.07, 6.45) is 8.14. The van der Waals surface area contributed by atoms with Crippen LogP contribution in [0.15, 0.2) is 40.7 Å². The first-order chi connectivity index (χ1) is 13.2. The lowest BCUT2D eigenvalue weighted by Gasteiger charge is -2.19. The summed E-state index contributed by atoms with van der Waals surface area (Å²) >= 11 is 0. The van der Waals surface area contributed by atoms with Crippen molar-refractivity contribution in [1.29, 1.82) is 0 Å². The number of aromatic amines is 1. The smallest absolute Gasteiger partial charge is 0.258 e. The second kappa shape index (κ2) is 9.46. The number of para-hydroxylation sites is 1. The number of likely N-dealkylation sites (N-methyl/N-ethyl adjacent to an activating group) is 1. The van der Waals surface area contributed by atoms with Gasteiger partial charge in [0.15, 0.2) is 0 Å². The fourth-order valence-electron chi connectivity index (χ4n) is 3.45. The number of H-pyrrole nitrogens is 1. The van der Waals surface area contributed by atoms with Gasteiger partial charge in [0.2, 0.25) is 5.91 Å². The second-order valence-electron chi connectivity index (χ2n) is 7.04. The Balaban J connectivity index is 1.53. The van der Waals surface area contributed by atoms with Crippen molar-refractivity contribution in [3.8, 4) is 0 Å². The number of nitrogens with zero attached hydrogens (tertiary/aromatic N) is 2. The lowest BCUT2D eigenvalue weighted by atomic mass is 9.97. The predicted molar refractivity (Wildman–Crippen MR) is 107 cm³/mol. The molecule has 0 aliphatic heterocycles. The van der Waals surface area contributed by atoms with Gasteiger partial charge in [-0.3, -0.25) is 14.5 Å². The molecule has 1 aromatic carbocycles. The first-order valence-electron chi connectivity index (χ1n) is 9.80. The van der Waals surface area contributed by atoms with Crippen LogP contribution in [0.25, 0.3) is 10.9 Å². The molecule has 3 rings (SSSR count). The molecule has 1 aromatic heterocycles. The number of aromatic nitrogens is 2. The summed E-state index contributed by atoms with van der Waals surface area (Å²) in [5.74, 6) is 0.595. The molecule has 27 heavy (non-hydrogen) atoms. The molecule has 0 atom stereocenters. The average molecular weight is 368 g/mol. The van der Waals surface area contributed by atoms with E-state index < -0.39 is 0 Å². The van der Waals surface area contributed by atoms with E-state index in [1.165, 1.54) is 24.8 Å². The summed E-state index contributed by atoms with van der Waals surface area (Å²) < 4.78 is 0. The van der Waals surface area contributed by atoms with Gasteiger partial charge in [-0.1, -0.05) is 30.7 Å². The molecule has 6 heteroatoms. The summed E-state index contributed by atoms with van der Waals surface area (Å²) in [6, 6.07) is 7.28. The SMILES string of the molecule is CCN(CC(=O)NCCC1=CCCCC1)Cc1nc2ccccc2c(=O)[nH]1. The third kappa shape index (κ3) is 5.50. The van der Waals surface area contributed by atoms with Crippen molar-refractivity contribution in [2.45, 2.75) is 45.6 Å². The summed E-state index contributed by atoms with van der Waals surface area (Å²) in [7, 11) is 0. The summed E-state index contributed by atoms with van der Waals surface area (Å²) in [5, 5.41) is 3.59. The number of hydrogen-bond acceptors (Lipinski definition) is 4. The zero-order chi connectivity index (χ0) is 19.1. The zero-order valence-electron chi connectivity index (χ0n) is 16.0. The second-order valence-corrected chi connectivity index (χ2v) is 7.04. The van der Waals surface area contributed by atoms with Crippen LogP contribution in [-0.4, -0.2) is 40.4 Å². The Hall–Kier alpha value is -2.47. The Bertz CT molecular complexity index is 872. The van der Waals surface area contributed by atoms with Gasteiger partial charge in [0.25, 0.3) is 5.56 Å². The van der Waals surface area contributed by atoms with Crippen molar-refractivity contribution in [2.24, 2.45) is 0 Å². The van der Waals surface area contributed by atoms with Crippen LogP contribution in [0.1, 0.15) is 44.9 Å². The van der Waals surface area contributed by atoms with E-state index in [1.54, 1.807) is 6.07 Å². The van der Waals surface area contributed by atoms with Crippen LogP contribution in [0.5, 0.6) is 0 Å². The molecular weight excluding hydrogens is 340 g/mol. The van der Waals surface area contributed by atoms with Crippen molar-refractivity contribution in [3.63, 3.8) is 0 Å². The number of rotatable bonds is 8. The average Bonchev–Trinajstić information content (AvgIpc) is 2.68. The molecule has 0 spiro atoms. The molecule has 1 heterocycles. The quantitative estimate of drug-likeness (QED) is 0.703. The van der Waals surface area contributed by atoms with E-state index in [0.29, 0.717) is 42.9 Å². The van der Waals surface area contributed by atoms with Gasteiger partial charge in [0.05, 0.1) is 24.0 Å². The van der Waals surface area contributed by atoms with Gasteiger partial charge in [-0.25, -0.2) is 4.98 Å². The highest BCUT2D eigenvalue weighted by molar-refractivity contribution is 5.78. The van der Waals surface area contributed by atoms with Gasteiger partial charge in [-0.15, -0.1) is 0 Å². The highest BCUT2D eigenvalue weighted by Gasteiger charge is 2.12. The van der Waals surface area contributed by atoms with E-state index in [0.717, 1.165) is 12.8 Å². The Morgan fingerprint density at radius 1 is 1.30 bits per heavy atom. The van der Waals surface area contributed by atoms with E-state index in [4.69, 9.17) is 0 Å². The molecule has 0 radical (unpaired) electrons. The highest BCUT2D eigenvalue weighted by Crippen LogP contribution is 2.19. The van der Waals surface area contributed by atoms with Crippen molar-refractivity contribution in [2.75, 3.05) is 19.6 Å². The molecule has 0 saturated heterocycles. The summed E-state index contributed by atoms with van der Waals surface area (Å²) in [6.45, 7) is 4.13. The number of nitrogens with one attached hydrogen (secondary N) is 2. The molecule has 1 aliphatic carbocycles. The fraction of sp³-hybridized carbons (Fsp3) is 0.476. The third-order valence-corrected chi connectivity index (χ3v) is 5.00. The monoisotopic (exact) mass is 368 g/mol. The van der Waals surface area contributed by atoms with Crippen molar-refractivity contribution in [1.82, 2.24) is 20.2 Å². The molecule has 1 amide bonds. The van der Waals surface area contributed by atoms with Gasteiger partial charge >= 0.3 is 0 Å². The number of allylic oxidation sites excluding steroid dienone is 1. The van der Waals surface area contributed by atoms with E-state index in [1.807, 2.05) is 30.0 Å². The standard InChI is InChI=1S/C21H28N4O2/c1-2-25(15-20(26)22-13-12-16-8-4-3-5-9-16)14-19-23-18-11-7-6-10-17(18)21(27)24-19/h6-8,10-11H,2-5,9,12-15H2,1H3,(H,22,26)(H,23,24,27). The molecule has 0 fully saturated rings. The Kier molecular flexibility index (Phi) is 6.76. The molecule has 2 aromatic rings. The van der Waals surface area contributed by atoms with E-state index in [2.05, 4.69) is 21.4 Å². The number of carbonyl (C=O) groups is 1. The molecule has 0 unspecified atom stereocenters. The minimum Gasteiger partial charge on any atom is -0.355 e. The van der Waals surface area contributed by atoms with Crippen molar-refractivity contribution >= 4 is 16.8 Å². The number of fused-ring (bicyclic) bond motifs is 1. The van der Waals surface area contributed by atoms with Crippen LogP contribution >= 0.6 is 0 Å². The number of benzene rings is 1. The van der Waals surface area contributed by atoms with Crippen LogP contribution in [0.3, 0.4) is 0 Å². The highest BCUT2D eigenvalue weighted by atomic mass is 16.2. The molecule has 0 saturated carbocycles. The minimum absolute atomic E-state index is 0.0106. The Morgan fingerprint density at radius 2 is 2.15 bits per heavy atom. The number of amides is 1. The maximum Gasteiger partial charge on any atom is 0.258 e. The molecule has 6 nitrogen and oxygen atoms in total. The predicted octanol–water partition coefficient (Wildman–Crippen LogP) is 2.75. The Morgan fingerprint density at radius 3 is 2.93 bits per heavy atom. The third-order valence-electron chi connectivity index (χ3n) is 5.00. The number of hydrogen-bond donors (Lipinski definition) is 2. The lowest BCUT2D eigenvalue weighted by Crippen LogP contribution is -2.38. The van der Waals surface area contributed by atoms with Crippen LogP contribution < -0.4 is 10.9 Å². The van der Waals surface area contributed by atoms with Crippen LogP contribution in [0, 0.1) is 0 Å². The van der Waals surface area contributed by atoms with Crippen LogP contribution in [0.4, 0.5) is 0 Å². The number of carbonyl (C=O) groups excluding carboxylic acids is 1. The maximum absolute atomic E-state index is 12.3. The topological polar surface area (TPSA) is 78.1 Å².